The number of pyridine rings is 1. The van der Waals surface area contributed by atoms with E-state index in [1.54, 1.807) is 19.1 Å². The van der Waals surface area contributed by atoms with Crippen molar-refractivity contribution < 1.29 is 19.1 Å². The number of nitrogens with zero attached hydrogens (tertiary/aromatic N) is 1. The summed E-state index contributed by atoms with van der Waals surface area (Å²) in [5, 5.41) is -1.30. The highest BCUT2D eigenvalue weighted by molar-refractivity contribution is 6.68. The normalized spacial score (nSPS) is 15.4. The van der Waals surface area contributed by atoms with Crippen molar-refractivity contribution in [1.29, 1.82) is 0 Å². The van der Waals surface area contributed by atoms with Crippen molar-refractivity contribution in [3.8, 4) is 11.1 Å². The number of hydrogen-bond donors (Lipinski definition) is 1. The fourth-order valence-electron chi connectivity index (χ4n) is 4.33. The molecule has 1 aliphatic carbocycles. The molecular formula is C28H30Cl2N2O4. The number of halogens is 2. The number of carbonyl (C=O) groups excluding carboxylic acids is 3. The molecule has 190 valence electrons. The number of aromatic nitrogens is 1. The maximum absolute atomic E-state index is 13.5. The number of allylic oxidation sites excluding steroid dienone is 2. The zero-order valence-electron chi connectivity index (χ0n) is 20.9. The minimum absolute atomic E-state index is 0.0600. The fourth-order valence-corrected chi connectivity index (χ4v) is 4.68. The van der Waals surface area contributed by atoms with Crippen molar-refractivity contribution in [3.05, 3.63) is 75.6 Å². The lowest BCUT2D eigenvalue weighted by atomic mass is 9.89. The van der Waals surface area contributed by atoms with Crippen LogP contribution in [0, 0.1) is 25.7 Å². The zero-order chi connectivity index (χ0) is 26.6. The highest BCUT2D eigenvalue weighted by Gasteiger charge is 2.27. The summed E-state index contributed by atoms with van der Waals surface area (Å²) in [6, 6.07) is 7.87. The Morgan fingerprint density at radius 1 is 1.14 bits per heavy atom. The largest absolute Gasteiger partial charge is 0.457 e. The molecule has 0 bridgehead atoms. The van der Waals surface area contributed by atoms with Crippen LogP contribution in [0.4, 0.5) is 0 Å². The van der Waals surface area contributed by atoms with Crippen LogP contribution in [0.1, 0.15) is 53.1 Å². The van der Waals surface area contributed by atoms with Gasteiger partial charge in [0.1, 0.15) is 6.61 Å². The minimum Gasteiger partial charge on any atom is -0.457 e. The van der Waals surface area contributed by atoms with Crippen LogP contribution in [-0.4, -0.2) is 28.0 Å². The summed E-state index contributed by atoms with van der Waals surface area (Å²) in [6.45, 7) is 8.01. The van der Waals surface area contributed by atoms with E-state index in [1.807, 2.05) is 31.2 Å². The average molecular weight is 529 g/mol. The number of nitrogens with two attached hydrogens (primary N) is 1. The van der Waals surface area contributed by atoms with Gasteiger partial charge in [-0.3, -0.25) is 14.6 Å². The quantitative estimate of drug-likeness (QED) is 0.336. The van der Waals surface area contributed by atoms with Crippen molar-refractivity contribution in [1.82, 2.24) is 4.98 Å². The summed E-state index contributed by atoms with van der Waals surface area (Å²) < 4.78 is 5.67. The van der Waals surface area contributed by atoms with Gasteiger partial charge in [-0.05, 0) is 72.5 Å². The first kappa shape index (κ1) is 27.8. The van der Waals surface area contributed by atoms with Gasteiger partial charge in [0.15, 0.2) is 0 Å². The Morgan fingerprint density at radius 2 is 1.81 bits per heavy atom. The molecule has 2 aromatic rings. The second kappa shape index (κ2) is 12.0. The van der Waals surface area contributed by atoms with E-state index >= 15 is 0 Å². The van der Waals surface area contributed by atoms with Crippen molar-refractivity contribution >= 4 is 39.7 Å². The number of carbonyl (C=O) groups is 3. The maximum Gasteiger partial charge on any atom is 0.340 e. The third kappa shape index (κ3) is 6.30. The molecule has 1 atom stereocenters. The van der Waals surface area contributed by atoms with Crippen LogP contribution in [0.15, 0.2) is 47.6 Å². The van der Waals surface area contributed by atoms with Gasteiger partial charge in [-0.1, -0.05) is 55.8 Å². The van der Waals surface area contributed by atoms with E-state index in [0.29, 0.717) is 28.3 Å². The van der Waals surface area contributed by atoms with E-state index in [1.165, 1.54) is 0 Å². The second-order valence-corrected chi connectivity index (χ2v) is 10.1. The Labute approximate surface area is 221 Å². The number of hydrogen-bond acceptors (Lipinski definition) is 6. The maximum atomic E-state index is 13.5. The molecule has 8 heteroatoms. The van der Waals surface area contributed by atoms with Crippen LogP contribution in [-0.2, 0) is 27.3 Å². The van der Waals surface area contributed by atoms with Gasteiger partial charge in [0, 0.05) is 23.4 Å². The van der Waals surface area contributed by atoms with Crippen molar-refractivity contribution in [3.63, 3.8) is 0 Å². The van der Waals surface area contributed by atoms with Gasteiger partial charge in [-0.2, -0.15) is 0 Å². The standard InChI is InChI=1S/C28H30Cl2N2O4/c1-15(2)11-23-22(13-31)25(18-7-5-16(3)6-8-18)24(17(4)32-23)28(35)36-14-20-10-9-19(26(29)33)12-21(20)27(30)34/h5-10,15,19H,11-14,31H2,1-4H3. The smallest absolute Gasteiger partial charge is 0.340 e. The van der Waals surface area contributed by atoms with Crippen molar-refractivity contribution in [2.45, 2.75) is 47.1 Å². The predicted octanol–water partition coefficient (Wildman–Crippen LogP) is 5.58. The monoisotopic (exact) mass is 528 g/mol. The molecule has 0 fully saturated rings. The van der Waals surface area contributed by atoms with E-state index in [2.05, 4.69) is 13.8 Å². The first-order valence-corrected chi connectivity index (χ1v) is 12.5. The van der Waals surface area contributed by atoms with E-state index in [4.69, 9.17) is 38.7 Å². The van der Waals surface area contributed by atoms with Gasteiger partial charge in [0.05, 0.1) is 17.2 Å². The lowest BCUT2D eigenvalue weighted by Gasteiger charge is -2.21. The van der Waals surface area contributed by atoms with Crippen molar-refractivity contribution in [2.75, 3.05) is 6.61 Å². The summed E-state index contributed by atoms with van der Waals surface area (Å²) >= 11 is 11.3. The number of aryl methyl sites for hydroxylation is 2. The Morgan fingerprint density at radius 3 is 2.36 bits per heavy atom. The van der Waals surface area contributed by atoms with Crippen LogP contribution < -0.4 is 5.73 Å². The third-order valence-corrected chi connectivity index (χ3v) is 6.65. The molecular weight excluding hydrogens is 499 g/mol. The van der Waals surface area contributed by atoms with Gasteiger partial charge in [-0.25, -0.2) is 4.79 Å². The fraction of sp³-hybridized carbons (Fsp3) is 0.357. The van der Waals surface area contributed by atoms with Crippen LogP contribution in [0.3, 0.4) is 0 Å². The molecule has 0 saturated carbocycles. The molecule has 0 radical (unpaired) electrons. The Balaban J connectivity index is 2.04. The topological polar surface area (TPSA) is 99.3 Å². The number of benzene rings is 1. The number of ether oxygens (including phenoxy) is 1. The van der Waals surface area contributed by atoms with E-state index in [-0.39, 0.29) is 25.1 Å². The SMILES string of the molecule is Cc1ccc(-c2c(CN)c(CC(C)C)nc(C)c2C(=O)OCC2=C(C(=O)Cl)CC(C(=O)Cl)C=C2)cc1. The molecule has 36 heavy (non-hydrogen) atoms. The first-order valence-electron chi connectivity index (χ1n) is 11.8. The number of esters is 1. The molecule has 2 N–H and O–H groups in total. The lowest BCUT2D eigenvalue weighted by molar-refractivity contribution is -0.114. The van der Waals surface area contributed by atoms with Gasteiger partial charge < -0.3 is 10.5 Å². The van der Waals surface area contributed by atoms with Gasteiger partial charge >= 0.3 is 5.97 Å². The average Bonchev–Trinajstić information content (AvgIpc) is 2.82. The summed E-state index contributed by atoms with van der Waals surface area (Å²) in [5.74, 6) is -0.880. The zero-order valence-corrected chi connectivity index (χ0v) is 22.4. The Bertz CT molecular complexity index is 1250. The lowest BCUT2D eigenvalue weighted by Crippen LogP contribution is -2.20. The van der Waals surface area contributed by atoms with Gasteiger partial charge in [-0.15, -0.1) is 0 Å². The third-order valence-electron chi connectivity index (χ3n) is 6.14. The van der Waals surface area contributed by atoms with Crippen LogP contribution >= 0.6 is 23.2 Å². The molecule has 6 nitrogen and oxygen atoms in total. The molecule has 0 spiro atoms. The highest BCUT2D eigenvalue weighted by atomic mass is 35.5. The van der Waals surface area contributed by atoms with Gasteiger partial charge in [0.25, 0.3) is 0 Å². The number of rotatable bonds is 9. The van der Waals surface area contributed by atoms with Gasteiger partial charge in [0.2, 0.25) is 10.5 Å². The van der Waals surface area contributed by atoms with Crippen LogP contribution in [0.2, 0.25) is 0 Å². The van der Waals surface area contributed by atoms with E-state index in [0.717, 1.165) is 28.8 Å². The Hall–Kier alpha value is -2.80. The molecule has 3 rings (SSSR count). The van der Waals surface area contributed by atoms with E-state index < -0.39 is 22.4 Å². The molecule has 1 aromatic heterocycles. The molecule has 0 saturated heterocycles. The van der Waals surface area contributed by atoms with E-state index in [9.17, 15) is 14.4 Å². The minimum atomic E-state index is -0.713. The summed E-state index contributed by atoms with van der Waals surface area (Å²) in [5.41, 5.74) is 12.0. The molecule has 1 heterocycles. The molecule has 1 aromatic carbocycles. The summed E-state index contributed by atoms with van der Waals surface area (Å²) in [7, 11) is 0. The molecule has 0 aliphatic heterocycles. The van der Waals surface area contributed by atoms with Crippen LogP contribution in [0.25, 0.3) is 11.1 Å². The Kier molecular flexibility index (Phi) is 9.23. The summed E-state index contributed by atoms with van der Waals surface area (Å²) in [6.07, 6.45) is 3.92. The predicted molar refractivity (Wildman–Crippen MR) is 142 cm³/mol. The highest BCUT2D eigenvalue weighted by Crippen LogP contribution is 2.34. The molecule has 1 unspecified atom stereocenters. The molecule has 0 amide bonds. The van der Waals surface area contributed by atoms with Crippen LogP contribution in [0.5, 0.6) is 0 Å². The molecule has 1 aliphatic rings. The summed E-state index contributed by atoms with van der Waals surface area (Å²) in [4.78, 5) is 41.7. The second-order valence-electron chi connectivity index (χ2n) is 9.37. The first-order chi connectivity index (χ1) is 17.0. The van der Waals surface area contributed by atoms with Crippen molar-refractivity contribution in [2.24, 2.45) is 17.6 Å².